The zero-order valence-corrected chi connectivity index (χ0v) is 23.0. The molecule has 0 aliphatic carbocycles. The van der Waals surface area contributed by atoms with Crippen molar-refractivity contribution in [1.29, 1.82) is 0 Å². The Bertz CT molecular complexity index is 1670. The molecule has 0 N–H and O–H groups in total. The van der Waals surface area contributed by atoms with Crippen LogP contribution in [-0.2, 0) is 0 Å². The van der Waals surface area contributed by atoms with Crippen LogP contribution in [0.25, 0.3) is 40.3 Å². The molecule has 0 fully saturated rings. The normalized spacial score (nSPS) is 11.4. The van der Waals surface area contributed by atoms with Crippen molar-refractivity contribution in [3.05, 3.63) is 95.0 Å². The lowest BCUT2D eigenvalue weighted by Gasteiger charge is -2.03. The van der Waals surface area contributed by atoms with E-state index in [4.69, 9.17) is 0 Å². The lowest BCUT2D eigenvalue weighted by atomic mass is 10.1. The predicted molar refractivity (Wildman–Crippen MR) is 157 cm³/mol. The van der Waals surface area contributed by atoms with E-state index in [-0.39, 0.29) is 0 Å². The van der Waals surface area contributed by atoms with Crippen molar-refractivity contribution in [3.63, 3.8) is 0 Å². The first-order chi connectivity index (χ1) is 15.9. The molecule has 33 heavy (non-hydrogen) atoms. The van der Waals surface area contributed by atoms with Crippen LogP contribution in [0.4, 0.5) is 0 Å². The SMILES string of the molecule is Brc1cccc2c1sc1ccccc12.C[Si](C)(C)C#Cc1cccc2c1sc1ccccc12. The molecule has 0 amide bonds. The summed E-state index contributed by atoms with van der Waals surface area (Å²) in [5, 5.41) is 5.39. The van der Waals surface area contributed by atoms with Gasteiger partial charge >= 0.3 is 0 Å². The van der Waals surface area contributed by atoms with E-state index < -0.39 is 8.07 Å². The molecule has 2 heterocycles. The molecule has 0 unspecified atom stereocenters. The Morgan fingerprint density at radius 1 is 0.606 bits per heavy atom. The molecule has 0 bridgehead atoms. The van der Waals surface area contributed by atoms with E-state index in [9.17, 15) is 0 Å². The zero-order valence-electron chi connectivity index (χ0n) is 18.8. The third kappa shape index (κ3) is 4.65. The number of fused-ring (bicyclic) bond motifs is 6. The van der Waals surface area contributed by atoms with E-state index in [1.807, 2.05) is 22.7 Å². The van der Waals surface area contributed by atoms with Crippen molar-refractivity contribution in [2.75, 3.05) is 0 Å². The summed E-state index contributed by atoms with van der Waals surface area (Å²) in [5.41, 5.74) is 4.65. The zero-order chi connectivity index (χ0) is 23.0. The molecule has 0 radical (unpaired) electrons. The van der Waals surface area contributed by atoms with E-state index in [1.54, 1.807) is 0 Å². The van der Waals surface area contributed by atoms with Crippen molar-refractivity contribution >= 4 is 87.0 Å². The van der Waals surface area contributed by atoms with Gasteiger partial charge in [0.2, 0.25) is 0 Å². The largest absolute Gasteiger partial charge is 0.134 e. The maximum atomic E-state index is 3.59. The first-order valence-electron chi connectivity index (χ1n) is 10.9. The summed E-state index contributed by atoms with van der Waals surface area (Å²) < 4.78 is 6.56. The highest BCUT2D eigenvalue weighted by Crippen LogP contribution is 2.37. The van der Waals surface area contributed by atoms with Crippen molar-refractivity contribution in [2.45, 2.75) is 19.6 Å². The summed E-state index contributed by atoms with van der Waals surface area (Å²) in [4.78, 5) is 0. The van der Waals surface area contributed by atoms with Crippen molar-refractivity contribution in [3.8, 4) is 11.5 Å². The van der Waals surface area contributed by atoms with Crippen LogP contribution in [0.15, 0.2) is 89.4 Å². The standard InChI is InChI=1S/C17H16SSi.C12H7BrS/c1-19(2,3)12-11-13-7-6-9-15-14-8-4-5-10-16(14)18-17(13)15;13-10-6-3-5-9-8-4-1-2-7-11(8)14-12(9)10/h4-10H,1-3H3;1-7H. The number of rotatable bonds is 0. The third-order valence-corrected chi connectivity index (χ3v) is 9.57. The molecule has 0 aliphatic heterocycles. The second-order valence-electron chi connectivity index (χ2n) is 9.00. The Balaban J connectivity index is 0.000000144. The predicted octanol–water partition coefficient (Wildman–Crippen LogP) is 10.1. The van der Waals surface area contributed by atoms with Gasteiger partial charge in [0.1, 0.15) is 8.07 Å². The topological polar surface area (TPSA) is 0 Å². The number of hydrogen-bond acceptors (Lipinski definition) is 2. The fourth-order valence-electron chi connectivity index (χ4n) is 3.81. The second kappa shape index (κ2) is 9.08. The summed E-state index contributed by atoms with van der Waals surface area (Å²) in [7, 11) is -1.32. The Hall–Kier alpha value is -2.42. The number of benzene rings is 4. The molecule has 0 nitrogen and oxygen atoms in total. The molecule has 6 aromatic rings. The lowest BCUT2D eigenvalue weighted by molar-refractivity contribution is 1.77. The first kappa shape index (κ1) is 22.4. The fourth-order valence-corrected chi connectivity index (χ4v) is 7.21. The van der Waals surface area contributed by atoms with Gasteiger partial charge in [0.25, 0.3) is 0 Å². The van der Waals surface area contributed by atoms with E-state index in [0.29, 0.717) is 0 Å². The van der Waals surface area contributed by atoms with Crippen LogP contribution in [0.3, 0.4) is 0 Å². The molecule has 0 saturated carbocycles. The van der Waals surface area contributed by atoms with E-state index >= 15 is 0 Å². The van der Waals surface area contributed by atoms with Gasteiger partial charge in [0.15, 0.2) is 0 Å². The molecular formula is C29H23BrS2Si. The number of hydrogen-bond donors (Lipinski definition) is 0. The molecule has 4 aromatic carbocycles. The maximum Gasteiger partial charge on any atom is 0.129 e. The van der Waals surface area contributed by atoms with Gasteiger partial charge < -0.3 is 0 Å². The van der Waals surface area contributed by atoms with Crippen LogP contribution in [0.1, 0.15) is 5.56 Å². The Kier molecular flexibility index (Phi) is 6.16. The van der Waals surface area contributed by atoms with Crippen LogP contribution >= 0.6 is 38.6 Å². The minimum atomic E-state index is -1.32. The van der Waals surface area contributed by atoms with Crippen molar-refractivity contribution in [2.24, 2.45) is 0 Å². The minimum absolute atomic E-state index is 1.18. The first-order valence-corrected chi connectivity index (χ1v) is 16.8. The van der Waals surface area contributed by atoms with Gasteiger partial charge in [-0.05, 0) is 40.2 Å². The summed E-state index contributed by atoms with van der Waals surface area (Å²) in [6.45, 7) is 6.85. The van der Waals surface area contributed by atoms with E-state index in [2.05, 4.69) is 132 Å². The molecule has 4 heteroatoms. The monoisotopic (exact) mass is 542 g/mol. The molecular weight excluding hydrogens is 520 g/mol. The molecule has 0 saturated heterocycles. The fraction of sp³-hybridized carbons (Fsp3) is 0.103. The summed E-state index contributed by atoms with van der Waals surface area (Å²) in [5.74, 6) is 3.41. The number of thiophene rings is 2. The highest BCUT2D eigenvalue weighted by atomic mass is 79.9. The van der Waals surface area contributed by atoms with E-state index in [1.165, 1.54) is 50.4 Å². The highest BCUT2D eigenvalue weighted by Gasteiger charge is 2.10. The van der Waals surface area contributed by atoms with Crippen LogP contribution in [-0.4, -0.2) is 8.07 Å². The smallest absolute Gasteiger partial charge is 0.129 e. The van der Waals surface area contributed by atoms with Gasteiger partial charge in [0.05, 0.1) is 4.70 Å². The van der Waals surface area contributed by atoms with Crippen LogP contribution in [0, 0.1) is 11.5 Å². The minimum Gasteiger partial charge on any atom is -0.134 e. The molecule has 0 aliphatic rings. The molecule has 6 rings (SSSR count). The highest BCUT2D eigenvalue weighted by molar-refractivity contribution is 9.10. The Morgan fingerprint density at radius 3 is 1.76 bits per heavy atom. The van der Waals surface area contributed by atoms with E-state index in [0.717, 1.165) is 0 Å². The summed E-state index contributed by atoms with van der Waals surface area (Å²) in [6, 6.07) is 30.0. The van der Waals surface area contributed by atoms with Gasteiger partial charge in [-0.2, -0.15) is 0 Å². The van der Waals surface area contributed by atoms with Gasteiger partial charge in [-0.25, -0.2) is 0 Å². The van der Waals surface area contributed by atoms with Crippen LogP contribution in [0.2, 0.25) is 19.6 Å². The van der Waals surface area contributed by atoms with Crippen molar-refractivity contribution in [1.82, 2.24) is 0 Å². The maximum absolute atomic E-state index is 3.59. The molecule has 2 aromatic heterocycles. The van der Waals surface area contributed by atoms with Gasteiger partial charge in [-0.1, -0.05) is 86.2 Å². The molecule has 0 atom stereocenters. The van der Waals surface area contributed by atoms with Gasteiger partial charge in [0, 0.05) is 45.7 Å². The average Bonchev–Trinajstić information content (AvgIpc) is 3.37. The van der Waals surface area contributed by atoms with Crippen LogP contribution in [0.5, 0.6) is 0 Å². The second-order valence-corrected chi connectivity index (χ2v) is 16.7. The number of halogens is 1. The molecule has 0 spiro atoms. The Labute approximate surface area is 212 Å². The molecule has 162 valence electrons. The lowest BCUT2D eigenvalue weighted by Crippen LogP contribution is -2.16. The van der Waals surface area contributed by atoms with Crippen LogP contribution < -0.4 is 0 Å². The van der Waals surface area contributed by atoms with Gasteiger partial charge in [-0.3, -0.25) is 0 Å². The quantitative estimate of drug-likeness (QED) is 0.132. The Morgan fingerprint density at radius 2 is 1.12 bits per heavy atom. The summed E-state index contributed by atoms with van der Waals surface area (Å²) in [6.07, 6.45) is 0. The van der Waals surface area contributed by atoms with Gasteiger partial charge in [-0.15, -0.1) is 28.2 Å². The summed E-state index contributed by atoms with van der Waals surface area (Å²) >= 11 is 7.28. The average molecular weight is 544 g/mol. The van der Waals surface area contributed by atoms with Crippen molar-refractivity contribution < 1.29 is 0 Å². The third-order valence-electron chi connectivity index (χ3n) is 5.33.